The lowest BCUT2D eigenvalue weighted by Crippen LogP contribution is -2.27. The van der Waals surface area contributed by atoms with Gasteiger partial charge in [-0.2, -0.15) is 0 Å². The van der Waals surface area contributed by atoms with E-state index in [9.17, 15) is 0 Å². The minimum absolute atomic E-state index is 0.372. The summed E-state index contributed by atoms with van der Waals surface area (Å²) in [6.07, 6.45) is 2.74. The van der Waals surface area contributed by atoms with Gasteiger partial charge in [0.2, 0.25) is 0 Å². The van der Waals surface area contributed by atoms with Crippen LogP contribution in [0.1, 0.15) is 26.7 Å². The highest BCUT2D eigenvalue weighted by atomic mass is 16.5. The highest BCUT2D eigenvalue weighted by molar-refractivity contribution is 4.51. The van der Waals surface area contributed by atoms with Crippen LogP contribution in [-0.4, -0.2) is 51.3 Å². The molecular formula is C11H26N2O. The van der Waals surface area contributed by atoms with Crippen molar-refractivity contribution in [3.05, 3.63) is 0 Å². The quantitative estimate of drug-likeness (QED) is 0.571. The number of rotatable bonds is 9. The first-order valence-corrected chi connectivity index (χ1v) is 5.60. The third kappa shape index (κ3) is 11.9. The highest BCUT2D eigenvalue weighted by Crippen LogP contribution is 1.93. The molecule has 0 heterocycles. The Bertz CT molecular complexity index is 102. The zero-order chi connectivity index (χ0) is 10.8. The second-order valence-corrected chi connectivity index (χ2v) is 4.18. The number of nitrogens with one attached hydrogen (secondary N) is 1. The van der Waals surface area contributed by atoms with Gasteiger partial charge in [-0.3, -0.25) is 0 Å². The van der Waals surface area contributed by atoms with Crippen LogP contribution in [0.5, 0.6) is 0 Å². The molecule has 3 nitrogen and oxygen atoms in total. The van der Waals surface area contributed by atoms with Crippen molar-refractivity contribution in [2.24, 2.45) is 0 Å². The molecule has 0 aliphatic rings. The largest absolute Gasteiger partial charge is 0.379 e. The Labute approximate surface area is 88.8 Å². The van der Waals surface area contributed by atoms with Crippen molar-refractivity contribution in [2.75, 3.05) is 40.3 Å². The van der Waals surface area contributed by atoms with Crippen LogP contribution < -0.4 is 5.32 Å². The first-order chi connectivity index (χ1) is 6.63. The van der Waals surface area contributed by atoms with Crippen LogP contribution in [0.3, 0.4) is 0 Å². The van der Waals surface area contributed by atoms with Crippen LogP contribution in [0.15, 0.2) is 0 Å². The lowest BCUT2D eigenvalue weighted by molar-refractivity contribution is 0.0760. The fourth-order valence-electron chi connectivity index (χ4n) is 1.10. The molecule has 0 saturated heterocycles. The maximum Gasteiger partial charge on any atom is 0.0518 e. The monoisotopic (exact) mass is 202 g/mol. The molecule has 0 aliphatic heterocycles. The van der Waals surface area contributed by atoms with E-state index in [0.29, 0.717) is 6.10 Å². The number of unbranched alkanes of at least 4 members (excludes halogenated alkanes) is 1. The third-order valence-electron chi connectivity index (χ3n) is 1.93. The summed E-state index contributed by atoms with van der Waals surface area (Å²) in [5.41, 5.74) is 0. The van der Waals surface area contributed by atoms with Crippen molar-refractivity contribution in [3.63, 3.8) is 0 Å². The number of hydrogen-bond acceptors (Lipinski definition) is 3. The second kappa shape index (κ2) is 9.44. The van der Waals surface area contributed by atoms with E-state index in [1.54, 1.807) is 0 Å². The summed E-state index contributed by atoms with van der Waals surface area (Å²) in [4.78, 5) is 2.19. The summed E-state index contributed by atoms with van der Waals surface area (Å²) < 4.78 is 5.45. The minimum atomic E-state index is 0.372. The smallest absolute Gasteiger partial charge is 0.0518 e. The van der Waals surface area contributed by atoms with E-state index >= 15 is 0 Å². The van der Waals surface area contributed by atoms with Crippen molar-refractivity contribution in [2.45, 2.75) is 32.8 Å². The fourth-order valence-corrected chi connectivity index (χ4v) is 1.10. The van der Waals surface area contributed by atoms with Crippen molar-refractivity contribution in [1.29, 1.82) is 0 Å². The van der Waals surface area contributed by atoms with Gasteiger partial charge < -0.3 is 15.0 Å². The highest BCUT2D eigenvalue weighted by Gasteiger charge is 1.93. The van der Waals surface area contributed by atoms with Crippen molar-refractivity contribution in [3.8, 4) is 0 Å². The fraction of sp³-hybridized carbons (Fsp3) is 1.00. The molecule has 0 radical (unpaired) electrons. The van der Waals surface area contributed by atoms with E-state index in [1.165, 1.54) is 6.42 Å². The molecule has 0 unspecified atom stereocenters. The molecule has 0 saturated carbocycles. The molecule has 3 heteroatoms. The molecular weight excluding hydrogens is 176 g/mol. The van der Waals surface area contributed by atoms with Crippen LogP contribution in [0.25, 0.3) is 0 Å². The van der Waals surface area contributed by atoms with Crippen LogP contribution >= 0.6 is 0 Å². The number of nitrogens with zero attached hydrogens (tertiary/aromatic N) is 1. The minimum Gasteiger partial charge on any atom is -0.379 e. The molecule has 0 aliphatic carbocycles. The lowest BCUT2D eigenvalue weighted by atomic mass is 10.3. The Morgan fingerprint density at radius 3 is 2.43 bits per heavy atom. The number of hydrogen-bond donors (Lipinski definition) is 1. The summed E-state index contributed by atoms with van der Waals surface area (Å²) in [6, 6.07) is 0. The Morgan fingerprint density at radius 1 is 1.14 bits per heavy atom. The van der Waals surface area contributed by atoms with E-state index < -0.39 is 0 Å². The average Bonchev–Trinajstić information content (AvgIpc) is 2.08. The van der Waals surface area contributed by atoms with Crippen molar-refractivity contribution in [1.82, 2.24) is 10.2 Å². The lowest BCUT2D eigenvalue weighted by Gasteiger charge is -2.10. The van der Waals surface area contributed by atoms with Crippen LogP contribution in [0.4, 0.5) is 0 Å². The van der Waals surface area contributed by atoms with Crippen molar-refractivity contribution >= 4 is 0 Å². The zero-order valence-electron chi connectivity index (χ0n) is 10.2. The van der Waals surface area contributed by atoms with Gasteiger partial charge in [0.15, 0.2) is 0 Å². The molecule has 14 heavy (non-hydrogen) atoms. The van der Waals surface area contributed by atoms with E-state index in [4.69, 9.17) is 4.74 Å². The third-order valence-corrected chi connectivity index (χ3v) is 1.93. The molecule has 1 N–H and O–H groups in total. The van der Waals surface area contributed by atoms with Gasteiger partial charge >= 0.3 is 0 Å². The molecule has 0 fully saturated rings. The zero-order valence-corrected chi connectivity index (χ0v) is 10.2. The molecule has 0 spiro atoms. The Balaban J connectivity index is 2.92. The first-order valence-electron chi connectivity index (χ1n) is 5.60. The Hall–Kier alpha value is -0.120. The van der Waals surface area contributed by atoms with E-state index in [0.717, 1.165) is 32.7 Å². The molecule has 0 amide bonds. The molecule has 0 bridgehead atoms. The SMILES string of the molecule is CC(C)OCCCCNCCN(C)C. The first kappa shape index (κ1) is 13.9. The second-order valence-electron chi connectivity index (χ2n) is 4.18. The molecule has 0 aromatic heterocycles. The van der Waals surface area contributed by atoms with Crippen LogP contribution in [0, 0.1) is 0 Å². The Morgan fingerprint density at radius 2 is 1.86 bits per heavy atom. The Kier molecular flexibility index (Phi) is 9.35. The van der Waals surface area contributed by atoms with Gasteiger partial charge in [-0.15, -0.1) is 0 Å². The van der Waals surface area contributed by atoms with Gasteiger partial charge in [-0.05, 0) is 47.3 Å². The van der Waals surface area contributed by atoms with Gasteiger partial charge in [-0.25, -0.2) is 0 Å². The standard InChI is InChI=1S/C11H26N2O/c1-11(2)14-10-6-5-7-12-8-9-13(3)4/h11-12H,5-10H2,1-4H3. The summed E-state index contributed by atoms with van der Waals surface area (Å²) >= 11 is 0. The summed E-state index contributed by atoms with van der Waals surface area (Å²) in [5.74, 6) is 0. The van der Waals surface area contributed by atoms with Gasteiger partial charge in [0.25, 0.3) is 0 Å². The van der Waals surface area contributed by atoms with Gasteiger partial charge in [0.05, 0.1) is 6.10 Å². The summed E-state index contributed by atoms with van der Waals surface area (Å²) in [7, 11) is 4.19. The van der Waals surface area contributed by atoms with Gasteiger partial charge in [0.1, 0.15) is 0 Å². The van der Waals surface area contributed by atoms with E-state index in [-0.39, 0.29) is 0 Å². The van der Waals surface area contributed by atoms with E-state index in [2.05, 4.69) is 38.2 Å². The predicted molar refractivity (Wildman–Crippen MR) is 61.7 cm³/mol. The molecule has 0 aromatic rings. The molecule has 86 valence electrons. The van der Waals surface area contributed by atoms with Crippen LogP contribution in [-0.2, 0) is 4.74 Å². The topological polar surface area (TPSA) is 24.5 Å². The molecule has 0 rings (SSSR count). The maximum absolute atomic E-state index is 5.45. The van der Waals surface area contributed by atoms with E-state index in [1.807, 2.05) is 0 Å². The molecule has 0 atom stereocenters. The maximum atomic E-state index is 5.45. The number of ether oxygens (including phenoxy) is 1. The predicted octanol–water partition coefficient (Wildman–Crippen LogP) is 1.34. The normalized spacial score (nSPS) is 11.6. The number of likely N-dealkylation sites (N-methyl/N-ethyl adjacent to an activating group) is 1. The van der Waals surface area contributed by atoms with Gasteiger partial charge in [-0.1, -0.05) is 0 Å². The molecule has 0 aromatic carbocycles. The van der Waals surface area contributed by atoms with Crippen molar-refractivity contribution < 1.29 is 4.74 Å². The van der Waals surface area contributed by atoms with Crippen LogP contribution in [0.2, 0.25) is 0 Å². The average molecular weight is 202 g/mol. The van der Waals surface area contributed by atoms with Gasteiger partial charge in [0, 0.05) is 19.7 Å². The summed E-state index contributed by atoms with van der Waals surface area (Å²) in [6.45, 7) is 8.35. The summed E-state index contributed by atoms with van der Waals surface area (Å²) in [5, 5.41) is 3.41.